The molecule has 3 rings (SSSR count). The van der Waals surface area contributed by atoms with Crippen LogP contribution in [0.4, 0.5) is 0 Å². The zero-order valence-electron chi connectivity index (χ0n) is 24.8. The van der Waals surface area contributed by atoms with Crippen LogP contribution in [0.1, 0.15) is 39.5 Å². The van der Waals surface area contributed by atoms with Crippen molar-refractivity contribution in [1.29, 1.82) is 0 Å². The van der Waals surface area contributed by atoms with Gasteiger partial charge >= 0.3 is 0 Å². The van der Waals surface area contributed by atoms with Crippen molar-refractivity contribution < 1.29 is 20.1 Å². The maximum absolute atomic E-state index is 12.7. The third-order valence-corrected chi connectivity index (χ3v) is 7.84. The second kappa shape index (κ2) is 18.1. The Hall–Kier alpha value is -3.51. The topological polar surface area (TPSA) is 89.8 Å². The van der Waals surface area contributed by atoms with Gasteiger partial charge in [-0.3, -0.25) is 4.79 Å². The fourth-order valence-electron chi connectivity index (χ4n) is 5.70. The number of carbonyl (C=O) groups is 1. The molecule has 3 aliphatic rings. The highest BCUT2D eigenvalue weighted by Crippen LogP contribution is 2.44. The van der Waals surface area contributed by atoms with Crippen molar-refractivity contribution in [2.45, 2.75) is 63.9 Å². The highest BCUT2D eigenvalue weighted by Gasteiger charge is 2.42. The van der Waals surface area contributed by atoms with Crippen LogP contribution in [0, 0.1) is 23.7 Å². The van der Waals surface area contributed by atoms with Crippen LogP contribution in [0.5, 0.6) is 0 Å². The van der Waals surface area contributed by atoms with E-state index in [9.17, 15) is 20.1 Å². The molecule has 4 N–H and O–H groups in total. The van der Waals surface area contributed by atoms with Crippen LogP contribution in [0.3, 0.4) is 0 Å². The number of aliphatic hydroxyl groups excluding tert-OH is 3. The molecule has 8 unspecified atom stereocenters. The van der Waals surface area contributed by atoms with Crippen molar-refractivity contribution in [3.05, 3.63) is 133 Å². The molecule has 0 aromatic carbocycles. The molecule has 1 saturated carbocycles. The molecule has 2 aliphatic carbocycles. The highest BCUT2D eigenvalue weighted by molar-refractivity contribution is 5.93. The number of hydrogen-bond acceptors (Lipinski definition) is 4. The Labute approximate surface area is 251 Å². The fraction of sp³-hybridized carbons (Fsp3) is 0.378. The van der Waals surface area contributed by atoms with E-state index in [1.807, 2.05) is 98.1 Å². The van der Waals surface area contributed by atoms with Crippen molar-refractivity contribution in [3.63, 3.8) is 0 Å². The molecule has 0 radical (unpaired) electrons. The minimum atomic E-state index is -0.590. The Morgan fingerprint density at radius 3 is 2.24 bits per heavy atom. The summed E-state index contributed by atoms with van der Waals surface area (Å²) in [4.78, 5) is 12.7. The number of carbonyl (C=O) groups excluding carboxylic acids is 1. The normalized spacial score (nSPS) is 40.7. The maximum Gasteiger partial charge on any atom is 0.247 e. The molecule has 0 aromatic rings. The Bertz CT molecular complexity index is 1190. The Kier molecular flexibility index (Phi) is 14.2. The summed E-state index contributed by atoms with van der Waals surface area (Å²) in [6, 6.07) is -0.103. The van der Waals surface area contributed by atoms with Crippen molar-refractivity contribution in [1.82, 2.24) is 5.32 Å². The third kappa shape index (κ3) is 11.1. The largest absolute Gasteiger partial charge is 0.393 e. The van der Waals surface area contributed by atoms with E-state index >= 15 is 0 Å². The van der Waals surface area contributed by atoms with Crippen molar-refractivity contribution >= 4 is 5.91 Å². The first-order chi connectivity index (χ1) is 20.4. The number of nitrogens with one attached hydrogen (secondary N) is 1. The summed E-state index contributed by atoms with van der Waals surface area (Å²) in [6.07, 6.45) is 41.8. The number of aliphatic hydroxyl groups is 3. The predicted molar refractivity (Wildman–Crippen MR) is 173 cm³/mol. The van der Waals surface area contributed by atoms with Crippen LogP contribution in [0.2, 0.25) is 0 Å². The second-order valence-electron chi connectivity index (χ2n) is 11.1. The SMILES string of the molecule is C/C=C/C1C\C=C/C=C/C=C/C(O)C/C=C/C=C/C2C(C=CC3CC(O)CC(O)C32)/C=C/C=C/C=C/C=C(/C)C(=O)N1. The minimum absolute atomic E-state index is 0.0365. The summed E-state index contributed by atoms with van der Waals surface area (Å²) < 4.78 is 0. The summed E-state index contributed by atoms with van der Waals surface area (Å²) in [5, 5.41) is 34.5. The average Bonchev–Trinajstić information content (AvgIpc) is 2.95. The van der Waals surface area contributed by atoms with Gasteiger partial charge in [-0.1, -0.05) is 128 Å². The Morgan fingerprint density at radius 1 is 0.762 bits per heavy atom. The van der Waals surface area contributed by atoms with Crippen molar-refractivity contribution in [2.24, 2.45) is 23.7 Å². The summed E-state index contributed by atoms with van der Waals surface area (Å²) >= 11 is 0. The minimum Gasteiger partial charge on any atom is -0.393 e. The first-order valence-corrected chi connectivity index (χ1v) is 15.1. The number of amides is 1. The van der Waals surface area contributed by atoms with Gasteiger partial charge in [-0.25, -0.2) is 0 Å². The van der Waals surface area contributed by atoms with Crippen LogP contribution < -0.4 is 5.32 Å². The predicted octanol–water partition coefficient (Wildman–Crippen LogP) is 6.15. The quantitative estimate of drug-likeness (QED) is 0.285. The summed E-state index contributed by atoms with van der Waals surface area (Å²) in [5.41, 5.74) is 0.625. The van der Waals surface area contributed by atoms with Gasteiger partial charge in [0.15, 0.2) is 0 Å². The average molecular weight is 570 g/mol. The second-order valence-corrected chi connectivity index (χ2v) is 11.1. The van der Waals surface area contributed by atoms with Gasteiger partial charge in [-0.2, -0.15) is 0 Å². The van der Waals surface area contributed by atoms with Gasteiger partial charge in [0.2, 0.25) is 5.91 Å². The Balaban J connectivity index is 1.81. The van der Waals surface area contributed by atoms with E-state index < -0.39 is 18.3 Å². The molecule has 8 atom stereocenters. The fourth-order valence-corrected chi connectivity index (χ4v) is 5.70. The van der Waals surface area contributed by atoms with Gasteiger partial charge < -0.3 is 20.6 Å². The van der Waals surface area contributed by atoms with E-state index in [-0.39, 0.29) is 35.6 Å². The van der Waals surface area contributed by atoms with Crippen LogP contribution in [-0.4, -0.2) is 45.6 Å². The lowest BCUT2D eigenvalue weighted by Crippen LogP contribution is -2.45. The molecular formula is C37H47NO4. The van der Waals surface area contributed by atoms with E-state index in [4.69, 9.17) is 0 Å². The zero-order valence-corrected chi connectivity index (χ0v) is 24.8. The number of rotatable bonds is 1. The summed E-state index contributed by atoms with van der Waals surface area (Å²) in [7, 11) is 0. The monoisotopic (exact) mass is 569 g/mol. The smallest absolute Gasteiger partial charge is 0.247 e. The highest BCUT2D eigenvalue weighted by atomic mass is 16.3. The Morgan fingerprint density at radius 2 is 1.43 bits per heavy atom. The molecule has 1 heterocycles. The van der Waals surface area contributed by atoms with Gasteiger partial charge in [-0.05, 0) is 57.3 Å². The third-order valence-electron chi connectivity index (χ3n) is 7.84. The molecule has 1 amide bonds. The first-order valence-electron chi connectivity index (χ1n) is 15.1. The van der Waals surface area contributed by atoms with Gasteiger partial charge in [0.1, 0.15) is 0 Å². The molecule has 5 heteroatoms. The first kappa shape index (κ1) is 33.0. The molecular weight excluding hydrogens is 522 g/mol. The molecule has 42 heavy (non-hydrogen) atoms. The van der Waals surface area contributed by atoms with E-state index in [0.29, 0.717) is 31.3 Å². The van der Waals surface area contributed by atoms with Crippen LogP contribution >= 0.6 is 0 Å². The van der Waals surface area contributed by atoms with Gasteiger partial charge in [0.25, 0.3) is 0 Å². The molecule has 1 fully saturated rings. The standard InChI is InChI=1S/C37H47NO4/c1-3-17-31-20-13-8-5-9-14-21-32(39)22-15-10-16-23-34-29(24-25-30-26-33(40)27-35(41)36(30)34)19-12-7-4-6-11-18-28(2)37(42)38-31/h3-19,21,23-25,29-36,39-41H,20,22,26-27H2,1-2H3,(H,38,42)/b7-4+,9-5+,11-6+,13-8-,15-10+,17-3+,19-12+,21-14+,23-16+,28-18-. The number of hydrogen-bond donors (Lipinski definition) is 4. The van der Waals surface area contributed by atoms with Gasteiger partial charge in [-0.15, -0.1) is 0 Å². The molecule has 1 aliphatic heterocycles. The lowest BCUT2D eigenvalue weighted by Gasteiger charge is -2.44. The molecule has 0 bridgehead atoms. The molecule has 5 nitrogen and oxygen atoms in total. The zero-order chi connectivity index (χ0) is 30.2. The number of allylic oxidation sites excluding steroid dienone is 17. The van der Waals surface area contributed by atoms with Crippen LogP contribution in [-0.2, 0) is 4.79 Å². The number of fused-ring (bicyclic) bond motifs is 3. The van der Waals surface area contributed by atoms with Crippen LogP contribution in [0.25, 0.3) is 0 Å². The molecule has 0 spiro atoms. The van der Waals surface area contributed by atoms with E-state index in [2.05, 4.69) is 29.6 Å². The lowest BCUT2D eigenvalue weighted by molar-refractivity contribution is -0.117. The van der Waals surface area contributed by atoms with Crippen LogP contribution in [0.15, 0.2) is 133 Å². The molecule has 224 valence electrons. The van der Waals surface area contributed by atoms with E-state index in [1.165, 1.54) is 0 Å². The lowest BCUT2D eigenvalue weighted by atomic mass is 9.63. The van der Waals surface area contributed by atoms with E-state index in [1.54, 1.807) is 19.1 Å². The molecule has 0 aromatic heterocycles. The maximum atomic E-state index is 12.7. The molecule has 0 saturated heterocycles. The van der Waals surface area contributed by atoms with Gasteiger partial charge in [0, 0.05) is 11.5 Å². The van der Waals surface area contributed by atoms with Crippen molar-refractivity contribution in [3.8, 4) is 0 Å². The van der Waals surface area contributed by atoms with Crippen molar-refractivity contribution in [2.75, 3.05) is 0 Å². The summed E-state index contributed by atoms with van der Waals surface area (Å²) in [6.45, 7) is 3.74. The van der Waals surface area contributed by atoms with Gasteiger partial charge in [0.05, 0.1) is 24.4 Å². The van der Waals surface area contributed by atoms with E-state index in [0.717, 1.165) is 0 Å². The summed E-state index contributed by atoms with van der Waals surface area (Å²) in [5.74, 6) is 0.264.